The van der Waals surface area contributed by atoms with Crippen molar-refractivity contribution in [1.82, 2.24) is 14.8 Å². The monoisotopic (exact) mass is 277 g/mol. The summed E-state index contributed by atoms with van der Waals surface area (Å²) in [5.74, 6) is 0.0647. The van der Waals surface area contributed by atoms with Crippen molar-refractivity contribution >= 4 is 17.0 Å². The van der Waals surface area contributed by atoms with Crippen LogP contribution < -0.4 is 4.74 Å². The number of aromatic nitrogens is 3. The second kappa shape index (κ2) is 5.48. The summed E-state index contributed by atoms with van der Waals surface area (Å²) in [6, 6.07) is 0. The molecule has 0 N–H and O–H groups in total. The summed E-state index contributed by atoms with van der Waals surface area (Å²) in [5, 5.41) is 5.08. The van der Waals surface area contributed by atoms with Gasteiger partial charge in [0.05, 0.1) is 23.8 Å². The lowest BCUT2D eigenvalue weighted by atomic mass is 10.1. The van der Waals surface area contributed by atoms with Crippen LogP contribution in [0.1, 0.15) is 36.8 Å². The third kappa shape index (κ3) is 2.45. The average molecular weight is 277 g/mol. The second-order valence-electron chi connectivity index (χ2n) is 4.80. The van der Waals surface area contributed by atoms with Gasteiger partial charge in [0.25, 0.3) is 0 Å². The maximum atomic E-state index is 12.0. The van der Waals surface area contributed by atoms with Gasteiger partial charge in [0.1, 0.15) is 11.3 Å². The molecule has 0 unspecified atom stereocenters. The Kier molecular flexibility index (Phi) is 3.92. The third-order valence-corrected chi connectivity index (χ3v) is 2.83. The fourth-order valence-corrected chi connectivity index (χ4v) is 2.09. The van der Waals surface area contributed by atoms with E-state index in [1.807, 2.05) is 27.8 Å². The number of hydrogen-bond donors (Lipinski definition) is 0. The van der Waals surface area contributed by atoms with Crippen LogP contribution >= 0.6 is 0 Å². The van der Waals surface area contributed by atoms with Gasteiger partial charge in [-0.25, -0.2) is 9.78 Å². The zero-order chi connectivity index (χ0) is 14.9. The molecule has 2 rings (SSSR count). The van der Waals surface area contributed by atoms with E-state index >= 15 is 0 Å². The van der Waals surface area contributed by atoms with E-state index in [2.05, 4.69) is 10.1 Å². The number of esters is 1. The van der Waals surface area contributed by atoms with Crippen LogP contribution in [0.25, 0.3) is 11.0 Å². The Morgan fingerprint density at radius 1 is 1.45 bits per heavy atom. The highest BCUT2D eigenvalue weighted by atomic mass is 16.5. The third-order valence-electron chi connectivity index (χ3n) is 2.83. The van der Waals surface area contributed by atoms with Crippen LogP contribution in [0, 0.1) is 6.92 Å². The highest BCUT2D eigenvalue weighted by Gasteiger charge is 2.22. The molecule has 6 heteroatoms. The van der Waals surface area contributed by atoms with Crippen molar-refractivity contribution in [2.24, 2.45) is 7.05 Å². The van der Waals surface area contributed by atoms with Crippen LogP contribution in [0.15, 0.2) is 6.20 Å². The number of fused-ring (bicyclic) bond motifs is 1. The molecule has 0 spiro atoms. The van der Waals surface area contributed by atoms with Gasteiger partial charge in [-0.1, -0.05) is 0 Å². The van der Waals surface area contributed by atoms with Crippen molar-refractivity contribution in [3.8, 4) is 5.75 Å². The molecule has 0 aromatic carbocycles. The number of hydrogen-bond acceptors (Lipinski definition) is 5. The second-order valence-corrected chi connectivity index (χ2v) is 4.80. The fraction of sp³-hybridized carbons (Fsp3) is 0.500. The molecule has 0 fully saturated rings. The molecule has 0 saturated heterocycles. The number of nitrogens with zero attached hydrogens (tertiary/aromatic N) is 3. The van der Waals surface area contributed by atoms with Crippen molar-refractivity contribution in [2.45, 2.75) is 33.8 Å². The predicted molar refractivity (Wildman–Crippen MR) is 75.0 cm³/mol. The van der Waals surface area contributed by atoms with E-state index in [0.29, 0.717) is 23.6 Å². The summed E-state index contributed by atoms with van der Waals surface area (Å²) >= 11 is 0. The summed E-state index contributed by atoms with van der Waals surface area (Å²) in [7, 11) is 1.81. The van der Waals surface area contributed by atoms with E-state index in [1.54, 1.807) is 11.6 Å². The van der Waals surface area contributed by atoms with Gasteiger partial charge in [-0.05, 0) is 27.7 Å². The molecule has 0 saturated carbocycles. The van der Waals surface area contributed by atoms with Crippen LogP contribution in [-0.4, -0.2) is 33.4 Å². The molecule has 0 aliphatic carbocycles. The van der Waals surface area contributed by atoms with E-state index in [9.17, 15) is 4.79 Å². The van der Waals surface area contributed by atoms with Crippen LogP contribution in [0.5, 0.6) is 5.75 Å². The molecule has 2 aromatic heterocycles. The van der Waals surface area contributed by atoms with Crippen molar-refractivity contribution in [3.63, 3.8) is 0 Å². The molecule has 0 aliphatic rings. The van der Waals surface area contributed by atoms with E-state index in [0.717, 1.165) is 11.1 Å². The largest absolute Gasteiger partial charge is 0.489 e. The Labute approximate surface area is 117 Å². The molecule has 2 heterocycles. The molecule has 0 amide bonds. The molecule has 0 atom stereocenters. The van der Waals surface area contributed by atoms with Crippen molar-refractivity contribution < 1.29 is 14.3 Å². The minimum Gasteiger partial charge on any atom is -0.489 e. The molecular weight excluding hydrogens is 258 g/mol. The number of carbonyl (C=O) groups excluding carboxylic acids is 1. The Balaban J connectivity index is 2.68. The first-order valence-corrected chi connectivity index (χ1v) is 6.61. The van der Waals surface area contributed by atoms with Gasteiger partial charge in [-0.3, -0.25) is 4.68 Å². The average Bonchev–Trinajstić information content (AvgIpc) is 2.65. The Bertz CT molecular complexity index is 647. The van der Waals surface area contributed by atoms with Gasteiger partial charge in [0.15, 0.2) is 5.65 Å². The number of pyridine rings is 1. The molecule has 108 valence electrons. The van der Waals surface area contributed by atoms with E-state index in [1.165, 1.54) is 6.20 Å². The van der Waals surface area contributed by atoms with Crippen molar-refractivity contribution in [3.05, 3.63) is 17.5 Å². The zero-order valence-corrected chi connectivity index (χ0v) is 12.4. The standard InChI is InChI=1S/C14H19N3O3/c1-6-19-14(18)10-7-15-13-11(9(4)16-17(13)5)12(10)20-8(2)3/h7-8H,6H2,1-5H3. The summed E-state index contributed by atoms with van der Waals surface area (Å²) in [6.45, 7) is 7.76. The number of rotatable bonds is 4. The first-order valence-electron chi connectivity index (χ1n) is 6.61. The van der Waals surface area contributed by atoms with Gasteiger partial charge in [-0.2, -0.15) is 5.10 Å². The van der Waals surface area contributed by atoms with Crippen molar-refractivity contribution in [1.29, 1.82) is 0 Å². The molecule has 2 aromatic rings. The summed E-state index contributed by atoms with van der Waals surface area (Å²) in [4.78, 5) is 16.3. The first-order chi connectivity index (χ1) is 9.45. The van der Waals surface area contributed by atoms with Gasteiger partial charge in [-0.15, -0.1) is 0 Å². The number of carbonyl (C=O) groups is 1. The molecule has 20 heavy (non-hydrogen) atoms. The van der Waals surface area contributed by atoms with Crippen LogP contribution in [0.3, 0.4) is 0 Å². The SMILES string of the molecule is CCOC(=O)c1cnc2c(c(C)nn2C)c1OC(C)C. The summed E-state index contributed by atoms with van der Waals surface area (Å²) < 4.78 is 12.6. The number of ether oxygens (including phenoxy) is 2. The maximum Gasteiger partial charge on any atom is 0.343 e. The minimum absolute atomic E-state index is 0.0617. The maximum absolute atomic E-state index is 12.0. The Hall–Kier alpha value is -2.11. The van der Waals surface area contributed by atoms with Gasteiger partial charge < -0.3 is 9.47 Å². The highest BCUT2D eigenvalue weighted by molar-refractivity contribution is 5.99. The van der Waals surface area contributed by atoms with Gasteiger partial charge >= 0.3 is 5.97 Å². The lowest BCUT2D eigenvalue weighted by Crippen LogP contribution is -2.13. The summed E-state index contributed by atoms with van der Waals surface area (Å²) in [5.41, 5.74) is 1.80. The smallest absolute Gasteiger partial charge is 0.343 e. The molecule has 0 bridgehead atoms. The Morgan fingerprint density at radius 2 is 2.15 bits per heavy atom. The molecule has 0 aliphatic heterocycles. The normalized spacial score (nSPS) is 11.1. The highest BCUT2D eigenvalue weighted by Crippen LogP contribution is 2.32. The van der Waals surface area contributed by atoms with Crippen LogP contribution in [0.4, 0.5) is 0 Å². The quantitative estimate of drug-likeness (QED) is 0.802. The Morgan fingerprint density at radius 3 is 2.75 bits per heavy atom. The molecule has 0 radical (unpaired) electrons. The van der Waals surface area contributed by atoms with Crippen LogP contribution in [-0.2, 0) is 11.8 Å². The zero-order valence-electron chi connectivity index (χ0n) is 12.4. The lowest BCUT2D eigenvalue weighted by Gasteiger charge is -2.14. The van der Waals surface area contributed by atoms with Gasteiger partial charge in [0, 0.05) is 13.2 Å². The van der Waals surface area contributed by atoms with E-state index in [4.69, 9.17) is 9.47 Å². The van der Waals surface area contributed by atoms with E-state index < -0.39 is 5.97 Å². The van der Waals surface area contributed by atoms with Crippen molar-refractivity contribution in [2.75, 3.05) is 6.61 Å². The molecular formula is C14H19N3O3. The fourth-order valence-electron chi connectivity index (χ4n) is 2.09. The topological polar surface area (TPSA) is 66.2 Å². The lowest BCUT2D eigenvalue weighted by molar-refractivity contribution is 0.0520. The van der Waals surface area contributed by atoms with Gasteiger partial charge in [0.2, 0.25) is 0 Å². The first kappa shape index (κ1) is 14.3. The van der Waals surface area contributed by atoms with Crippen LogP contribution in [0.2, 0.25) is 0 Å². The number of aryl methyl sites for hydroxylation is 2. The van der Waals surface area contributed by atoms with E-state index in [-0.39, 0.29) is 6.10 Å². The summed E-state index contributed by atoms with van der Waals surface area (Å²) in [6.07, 6.45) is 1.42. The predicted octanol–water partition coefficient (Wildman–Crippen LogP) is 2.24. The molecule has 6 nitrogen and oxygen atoms in total. The minimum atomic E-state index is -0.430.